The third-order valence-electron chi connectivity index (χ3n) is 6.18. The number of primary amides is 1. The van der Waals surface area contributed by atoms with Gasteiger partial charge in [0.05, 0.1) is 5.92 Å². The van der Waals surface area contributed by atoms with Crippen molar-refractivity contribution in [3.8, 4) is 0 Å². The summed E-state index contributed by atoms with van der Waals surface area (Å²) in [5, 5.41) is 0. The van der Waals surface area contributed by atoms with Crippen LogP contribution in [0.15, 0.2) is 18.2 Å². The van der Waals surface area contributed by atoms with E-state index in [4.69, 9.17) is 11.5 Å². The molecule has 0 bridgehead atoms. The molecule has 3 rings (SSSR count). The molecule has 0 spiro atoms. The Morgan fingerprint density at radius 1 is 1.19 bits per heavy atom. The lowest BCUT2D eigenvalue weighted by Gasteiger charge is -2.41. The van der Waals surface area contributed by atoms with Crippen LogP contribution in [0.5, 0.6) is 0 Å². The van der Waals surface area contributed by atoms with Gasteiger partial charge in [-0.15, -0.1) is 0 Å². The lowest BCUT2D eigenvalue weighted by molar-refractivity contribution is -0.123. The molecule has 1 aliphatic heterocycles. The van der Waals surface area contributed by atoms with E-state index in [0.717, 1.165) is 57.7 Å². The van der Waals surface area contributed by atoms with Gasteiger partial charge in [-0.1, -0.05) is 0 Å². The van der Waals surface area contributed by atoms with Gasteiger partial charge < -0.3 is 11.5 Å². The van der Waals surface area contributed by atoms with Gasteiger partial charge in [-0.3, -0.25) is 9.69 Å². The minimum atomic E-state index is -0.425. The Balaban J connectivity index is 1.51. The molecule has 26 heavy (non-hydrogen) atoms. The van der Waals surface area contributed by atoms with Crippen LogP contribution in [-0.2, 0) is 11.2 Å². The highest BCUT2D eigenvalue weighted by atomic mass is 19.1. The van der Waals surface area contributed by atoms with Crippen LogP contribution in [0.4, 0.5) is 8.78 Å². The maximum atomic E-state index is 13.8. The molecule has 1 saturated carbocycles. The highest BCUT2D eigenvalue weighted by Gasteiger charge is 2.32. The predicted octanol–water partition coefficient (Wildman–Crippen LogP) is 2.59. The standard InChI is InChI=1S/C20H29F2N3O/c21-16-5-8-18(22)15(10-16)11-19(23)13-3-6-17(7-4-13)25-9-1-2-14(12-25)20(24)26/h5,8,10,13-14,17,19H,1-4,6-7,9,11-12,23H2,(H2,24,26)/t13?,14-,17?,19+/m0/s1. The van der Waals surface area contributed by atoms with Crippen LogP contribution in [0, 0.1) is 23.5 Å². The Bertz CT molecular complexity index is 631. The maximum absolute atomic E-state index is 13.8. The number of likely N-dealkylation sites (tertiary alicyclic amines) is 1. The predicted molar refractivity (Wildman–Crippen MR) is 97.3 cm³/mol. The molecule has 1 amide bonds. The molecule has 1 heterocycles. The fourth-order valence-electron chi connectivity index (χ4n) is 4.59. The van der Waals surface area contributed by atoms with Crippen LogP contribution in [0.25, 0.3) is 0 Å². The van der Waals surface area contributed by atoms with Crippen molar-refractivity contribution >= 4 is 5.91 Å². The van der Waals surface area contributed by atoms with Gasteiger partial charge in [-0.2, -0.15) is 0 Å². The van der Waals surface area contributed by atoms with Crippen molar-refractivity contribution in [3.05, 3.63) is 35.4 Å². The van der Waals surface area contributed by atoms with E-state index in [1.165, 1.54) is 12.1 Å². The fraction of sp³-hybridized carbons (Fsp3) is 0.650. The number of nitrogens with zero attached hydrogens (tertiary/aromatic N) is 1. The monoisotopic (exact) mass is 365 g/mol. The summed E-state index contributed by atoms with van der Waals surface area (Å²) in [5.74, 6) is -0.708. The molecule has 144 valence electrons. The van der Waals surface area contributed by atoms with Crippen LogP contribution < -0.4 is 11.5 Å². The lowest BCUT2D eigenvalue weighted by Crippen LogP contribution is -2.48. The Labute approximate surface area is 153 Å². The van der Waals surface area contributed by atoms with E-state index in [1.807, 2.05) is 0 Å². The van der Waals surface area contributed by atoms with E-state index in [2.05, 4.69) is 4.90 Å². The minimum absolute atomic E-state index is 0.0281. The molecular formula is C20H29F2N3O. The van der Waals surface area contributed by atoms with E-state index in [1.54, 1.807) is 0 Å². The molecule has 6 heteroatoms. The van der Waals surface area contributed by atoms with Crippen LogP contribution in [0.3, 0.4) is 0 Å². The van der Waals surface area contributed by atoms with E-state index in [0.29, 0.717) is 23.9 Å². The summed E-state index contributed by atoms with van der Waals surface area (Å²) < 4.78 is 27.2. The molecule has 0 aromatic heterocycles. The molecule has 2 atom stereocenters. The topological polar surface area (TPSA) is 72.4 Å². The first-order chi connectivity index (χ1) is 12.4. The van der Waals surface area contributed by atoms with Crippen LogP contribution in [0.1, 0.15) is 44.1 Å². The summed E-state index contributed by atoms with van der Waals surface area (Å²) in [6.45, 7) is 1.80. The quantitative estimate of drug-likeness (QED) is 0.842. The zero-order chi connectivity index (χ0) is 18.7. The van der Waals surface area contributed by atoms with Crippen molar-refractivity contribution in [2.45, 2.75) is 57.0 Å². The minimum Gasteiger partial charge on any atom is -0.369 e. The third-order valence-corrected chi connectivity index (χ3v) is 6.18. The average Bonchev–Trinajstić information content (AvgIpc) is 2.65. The number of hydrogen-bond acceptors (Lipinski definition) is 3. The Hall–Kier alpha value is -1.53. The second-order valence-electron chi connectivity index (χ2n) is 7.91. The number of halogens is 2. The number of piperidine rings is 1. The molecule has 0 unspecified atom stereocenters. The van der Waals surface area contributed by atoms with Crippen molar-refractivity contribution in [1.29, 1.82) is 0 Å². The lowest BCUT2D eigenvalue weighted by atomic mass is 9.79. The summed E-state index contributed by atoms with van der Waals surface area (Å²) in [5.41, 5.74) is 12.2. The van der Waals surface area contributed by atoms with Crippen LogP contribution in [-0.4, -0.2) is 36.0 Å². The molecule has 1 aliphatic carbocycles. The first-order valence-electron chi connectivity index (χ1n) is 9.67. The second-order valence-corrected chi connectivity index (χ2v) is 7.91. The van der Waals surface area contributed by atoms with Crippen molar-refractivity contribution in [2.75, 3.05) is 13.1 Å². The van der Waals surface area contributed by atoms with Crippen molar-refractivity contribution < 1.29 is 13.6 Å². The Morgan fingerprint density at radius 3 is 2.62 bits per heavy atom. The van der Waals surface area contributed by atoms with Gasteiger partial charge in [0.2, 0.25) is 5.91 Å². The number of carbonyl (C=O) groups excluding carboxylic acids is 1. The zero-order valence-corrected chi connectivity index (χ0v) is 15.2. The molecule has 1 aromatic carbocycles. The first kappa shape index (κ1) is 19.2. The number of nitrogens with two attached hydrogens (primary N) is 2. The van der Waals surface area contributed by atoms with Crippen molar-refractivity contribution in [2.24, 2.45) is 23.3 Å². The van der Waals surface area contributed by atoms with Gasteiger partial charge in [-0.25, -0.2) is 8.78 Å². The van der Waals surface area contributed by atoms with Gasteiger partial charge in [0.25, 0.3) is 0 Å². The summed E-state index contributed by atoms with van der Waals surface area (Å²) in [6.07, 6.45) is 6.33. The molecule has 2 fully saturated rings. The highest BCUT2D eigenvalue weighted by molar-refractivity contribution is 5.76. The van der Waals surface area contributed by atoms with Gasteiger partial charge >= 0.3 is 0 Å². The van der Waals surface area contributed by atoms with Gasteiger partial charge in [0.1, 0.15) is 11.6 Å². The van der Waals surface area contributed by atoms with E-state index in [9.17, 15) is 13.6 Å². The number of amides is 1. The molecule has 1 aromatic rings. The van der Waals surface area contributed by atoms with Crippen molar-refractivity contribution in [3.63, 3.8) is 0 Å². The molecular weight excluding hydrogens is 336 g/mol. The number of carbonyl (C=O) groups is 1. The summed E-state index contributed by atoms with van der Waals surface area (Å²) >= 11 is 0. The molecule has 1 saturated heterocycles. The number of benzene rings is 1. The molecule has 0 radical (unpaired) electrons. The van der Waals surface area contributed by atoms with E-state index in [-0.39, 0.29) is 23.7 Å². The smallest absolute Gasteiger partial charge is 0.221 e. The SMILES string of the molecule is NC(=O)[C@H]1CCCN(C2CCC([C@H](N)Cc3cc(F)ccc3F)CC2)C1. The van der Waals surface area contributed by atoms with Gasteiger partial charge in [0, 0.05) is 18.6 Å². The second kappa shape index (κ2) is 8.44. The van der Waals surface area contributed by atoms with Gasteiger partial charge in [0.15, 0.2) is 0 Å². The summed E-state index contributed by atoms with van der Waals surface area (Å²) in [7, 11) is 0. The number of hydrogen-bond donors (Lipinski definition) is 2. The highest BCUT2D eigenvalue weighted by Crippen LogP contribution is 2.32. The molecule has 4 N–H and O–H groups in total. The Kier molecular flexibility index (Phi) is 6.24. The average molecular weight is 365 g/mol. The van der Waals surface area contributed by atoms with E-state index >= 15 is 0 Å². The van der Waals surface area contributed by atoms with Crippen LogP contribution >= 0.6 is 0 Å². The van der Waals surface area contributed by atoms with Crippen LogP contribution in [0.2, 0.25) is 0 Å². The summed E-state index contributed by atoms with van der Waals surface area (Å²) in [4.78, 5) is 13.9. The van der Waals surface area contributed by atoms with Crippen molar-refractivity contribution in [1.82, 2.24) is 4.90 Å². The Morgan fingerprint density at radius 2 is 1.92 bits per heavy atom. The summed E-state index contributed by atoms with van der Waals surface area (Å²) in [6, 6.07) is 3.87. The van der Waals surface area contributed by atoms with E-state index < -0.39 is 5.82 Å². The normalized spacial score (nSPS) is 28.7. The third kappa shape index (κ3) is 4.60. The largest absolute Gasteiger partial charge is 0.369 e. The maximum Gasteiger partial charge on any atom is 0.221 e. The first-order valence-corrected chi connectivity index (χ1v) is 9.67. The number of rotatable bonds is 5. The molecule has 2 aliphatic rings. The fourth-order valence-corrected chi connectivity index (χ4v) is 4.59. The zero-order valence-electron chi connectivity index (χ0n) is 15.2. The molecule has 4 nitrogen and oxygen atoms in total. The van der Waals surface area contributed by atoms with Gasteiger partial charge in [-0.05, 0) is 81.2 Å².